The van der Waals surface area contributed by atoms with Gasteiger partial charge in [-0.2, -0.15) is 0 Å². The van der Waals surface area contributed by atoms with Crippen molar-refractivity contribution in [3.05, 3.63) is 34.9 Å². The molecule has 1 amide bonds. The molecule has 1 N–H and O–H groups in total. The second kappa shape index (κ2) is 5.74. The number of carbonyl (C=O) groups is 1. The molecular weight excluding hydrogens is 272 g/mol. The normalized spacial score (nSPS) is 22.8. The molecule has 3 nitrogen and oxygen atoms in total. The first-order valence-corrected chi connectivity index (χ1v) is 7.81. The molecule has 3 rings (SSSR count). The molecule has 0 aliphatic carbocycles. The number of nitrogens with one attached hydrogen (secondary N) is 1. The summed E-state index contributed by atoms with van der Waals surface area (Å²) >= 11 is 6.03. The Balaban J connectivity index is 1.60. The Morgan fingerprint density at radius 1 is 1.25 bits per heavy atom. The number of carbonyl (C=O) groups excluding carboxylic acids is 1. The lowest BCUT2D eigenvalue weighted by atomic mass is 9.72. The summed E-state index contributed by atoms with van der Waals surface area (Å²) in [4.78, 5) is 14.6. The Labute approximate surface area is 125 Å². The predicted molar refractivity (Wildman–Crippen MR) is 80.6 cm³/mol. The Morgan fingerprint density at radius 2 is 2.05 bits per heavy atom. The molecule has 0 aromatic heterocycles. The zero-order valence-electron chi connectivity index (χ0n) is 11.7. The van der Waals surface area contributed by atoms with Crippen LogP contribution in [0.1, 0.15) is 31.2 Å². The van der Waals surface area contributed by atoms with E-state index in [4.69, 9.17) is 11.6 Å². The van der Waals surface area contributed by atoms with Crippen molar-refractivity contribution in [2.24, 2.45) is 5.41 Å². The van der Waals surface area contributed by atoms with Gasteiger partial charge in [-0.1, -0.05) is 23.7 Å². The summed E-state index contributed by atoms with van der Waals surface area (Å²) in [5.41, 5.74) is 1.17. The molecule has 20 heavy (non-hydrogen) atoms. The lowest BCUT2D eigenvalue weighted by Gasteiger charge is -2.42. The summed E-state index contributed by atoms with van der Waals surface area (Å²) in [6.07, 6.45) is 4.16. The van der Waals surface area contributed by atoms with Gasteiger partial charge >= 0.3 is 0 Å². The van der Waals surface area contributed by atoms with E-state index in [0.717, 1.165) is 56.9 Å². The van der Waals surface area contributed by atoms with Gasteiger partial charge in [0.25, 0.3) is 0 Å². The first-order chi connectivity index (χ1) is 9.68. The minimum Gasteiger partial charge on any atom is -0.356 e. The molecule has 0 saturated carbocycles. The Bertz CT molecular complexity index is 495. The SMILES string of the molecule is O=C1NCCCC12CCN(Cc1cccc(Cl)c1)CC2. The third-order valence-corrected chi connectivity index (χ3v) is 4.94. The van der Waals surface area contributed by atoms with Crippen LogP contribution in [0.25, 0.3) is 0 Å². The molecule has 1 spiro atoms. The third kappa shape index (κ3) is 2.84. The third-order valence-electron chi connectivity index (χ3n) is 4.71. The molecule has 1 aromatic rings. The van der Waals surface area contributed by atoms with Gasteiger partial charge in [-0.05, 0) is 56.5 Å². The van der Waals surface area contributed by atoms with Gasteiger partial charge in [-0.25, -0.2) is 0 Å². The van der Waals surface area contributed by atoms with Crippen molar-refractivity contribution in [2.75, 3.05) is 19.6 Å². The lowest BCUT2D eigenvalue weighted by Crippen LogP contribution is -2.51. The van der Waals surface area contributed by atoms with E-state index in [2.05, 4.69) is 16.3 Å². The number of piperidine rings is 2. The van der Waals surface area contributed by atoms with E-state index < -0.39 is 0 Å². The molecule has 2 aliphatic rings. The fourth-order valence-corrected chi connectivity index (χ4v) is 3.65. The Kier molecular flexibility index (Phi) is 3.99. The van der Waals surface area contributed by atoms with Crippen molar-refractivity contribution in [3.63, 3.8) is 0 Å². The summed E-state index contributed by atoms with van der Waals surface area (Å²) in [5, 5.41) is 3.83. The zero-order chi connectivity index (χ0) is 14.0. The van der Waals surface area contributed by atoms with Crippen molar-refractivity contribution in [1.29, 1.82) is 0 Å². The van der Waals surface area contributed by atoms with E-state index in [1.54, 1.807) is 0 Å². The quantitative estimate of drug-likeness (QED) is 0.909. The van der Waals surface area contributed by atoms with Crippen LogP contribution in [0.2, 0.25) is 5.02 Å². The lowest BCUT2D eigenvalue weighted by molar-refractivity contribution is -0.136. The number of likely N-dealkylation sites (tertiary alicyclic amines) is 1. The average Bonchev–Trinajstić information content (AvgIpc) is 2.45. The second-order valence-corrected chi connectivity index (χ2v) is 6.48. The summed E-state index contributed by atoms with van der Waals surface area (Å²) in [7, 11) is 0. The molecular formula is C16H21ClN2O. The van der Waals surface area contributed by atoms with Crippen LogP contribution in [0.3, 0.4) is 0 Å². The van der Waals surface area contributed by atoms with Crippen molar-refractivity contribution in [3.8, 4) is 0 Å². The number of hydrogen-bond donors (Lipinski definition) is 1. The summed E-state index contributed by atoms with van der Waals surface area (Å²) < 4.78 is 0. The maximum Gasteiger partial charge on any atom is 0.226 e. The van der Waals surface area contributed by atoms with E-state index in [1.165, 1.54) is 5.56 Å². The van der Waals surface area contributed by atoms with E-state index >= 15 is 0 Å². The summed E-state index contributed by atoms with van der Waals surface area (Å²) in [6.45, 7) is 3.78. The maximum atomic E-state index is 12.1. The molecule has 0 atom stereocenters. The highest BCUT2D eigenvalue weighted by Crippen LogP contribution is 2.38. The number of benzene rings is 1. The second-order valence-electron chi connectivity index (χ2n) is 6.05. The molecule has 2 heterocycles. The van der Waals surface area contributed by atoms with Crippen LogP contribution in [-0.2, 0) is 11.3 Å². The molecule has 0 bridgehead atoms. The van der Waals surface area contributed by atoms with Gasteiger partial charge in [0, 0.05) is 18.1 Å². The van der Waals surface area contributed by atoms with Crippen molar-refractivity contribution < 1.29 is 4.79 Å². The largest absolute Gasteiger partial charge is 0.356 e. The van der Waals surface area contributed by atoms with E-state index in [0.29, 0.717) is 0 Å². The summed E-state index contributed by atoms with van der Waals surface area (Å²) in [6, 6.07) is 8.04. The fraction of sp³-hybridized carbons (Fsp3) is 0.562. The standard InChI is InChI=1S/C16H21ClN2O/c17-14-4-1-3-13(11-14)12-19-9-6-16(7-10-19)5-2-8-18-15(16)20/h1,3-4,11H,2,5-10,12H2,(H,18,20). The smallest absolute Gasteiger partial charge is 0.226 e. The first-order valence-electron chi connectivity index (χ1n) is 7.43. The maximum absolute atomic E-state index is 12.1. The molecule has 0 radical (unpaired) electrons. The molecule has 2 fully saturated rings. The summed E-state index contributed by atoms with van der Waals surface area (Å²) in [5.74, 6) is 0.283. The minimum atomic E-state index is -0.0803. The van der Waals surface area contributed by atoms with Crippen LogP contribution >= 0.6 is 11.6 Å². The van der Waals surface area contributed by atoms with Crippen LogP contribution in [0, 0.1) is 5.41 Å². The minimum absolute atomic E-state index is 0.0803. The monoisotopic (exact) mass is 292 g/mol. The zero-order valence-corrected chi connectivity index (χ0v) is 12.5. The van der Waals surface area contributed by atoms with Gasteiger partial charge in [0.1, 0.15) is 0 Å². The molecule has 108 valence electrons. The van der Waals surface area contributed by atoms with E-state index in [9.17, 15) is 4.79 Å². The van der Waals surface area contributed by atoms with Crippen LogP contribution < -0.4 is 5.32 Å². The number of amides is 1. The van der Waals surface area contributed by atoms with E-state index in [-0.39, 0.29) is 11.3 Å². The highest BCUT2D eigenvalue weighted by Gasteiger charge is 2.42. The van der Waals surface area contributed by atoms with Gasteiger partial charge in [-0.3, -0.25) is 9.69 Å². The van der Waals surface area contributed by atoms with Crippen LogP contribution in [-0.4, -0.2) is 30.4 Å². The molecule has 2 aliphatic heterocycles. The Morgan fingerprint density at radius 3 is 2.75 bits per heavy atom. The number of hydrogen-bond acceptors (Lipinski definition) is 2. The van der Waals surface area contributed by atoms with Crippen molar-refractivity contribution in [2.45, 2.75) is 32.2 Å². The van der Waals surface area contributed by atoms with Crippen LogP contribution in [0.15, 0.2) is 24.3 Å². The topological polar surface area (TPSA) is 32.3 Å². The van der Waals surface area contributed by atoms with Gasteiger partial charge in [0.2, 0.25) is 5.91 Å². The number of halogens is 1. The molecule has 2 saturated heterocycles. The highest BCUT2D eigenvalue weighted by atomic mass is 35.5. The van der Waals surface area contributed by atoms with Crippen LogP contribution in [0.4, 0.5) is 0 Å². The van der Waals surface area contributed by atoms with Gasteiger partial charge < -0.3 is 5.32 Å². The Hall–Kier alpha value is -1.06. The molecule has 1 aromatic carbocycles. The van der Waals surface area contributed by atoms with Crippen LogP contribution in [0.5, 0.6) is 0 Å². The molecule has 0 unspecified atom stereocenters. The molecule has 4 heteroatoms. The number of rotatable bonds is 2. The highest BCUT2D eigenvalue weighted by molar-refractivity contribution is 6.30. The first kappa shape index (κ1) is 13.9. The average molecular weight is 293 g/mol. The van der Waals surface area contributed by atoms with Crippen molar-refractivity contribution >= 4 is 17.5 Å². The fourth-order valence-electron chi connectivity index (χ4n) is 3.44. The predicted octanol–water partition coefficient (Wildman–Crippen LogP) is 2.83. The van der Waals surface area contributed by atoms with E-state index in [1.807, 2.05) is 18.2 Å². The number of nitrogens with zero attached hydrogens (tertiary/aromatic N) is 1. The van der Waals surface area contributed by atoms with Gasteiger partial charge in [0.15, 0.2) is 0 Å². The van der Waals surface area contributed by atoms with Gasteiger partial charge in [-0.15, -0.1) is 0 Å². The van der Waals surface area contributed by atoms with Gasteiger partial charge in [0.05, 0.1) is 5.41 Å². The van der Waals surface area contributed by atoms with Crippen molar-refractivity contribution in [1.82, 2.24) is 10.2 Å².